The van der Waals surface area contributed by atoms with Crippen molar-refractivity contribution in [3.63, 3.8) is 0 Å². The van der Waals surface area contributed by atoms with Crippen LogP contribution in [0.4, 0.5) is 5.69 Å². The molecule has 0 aliphatic carbocycles. The van der Waals surface area contributed by atoms with Crippen LogP contribution in [0.3, 0.4) is 0 Å². The molecule has 1 heterocycles. The molecule has 6 nitrogen and oxygen atoms in total. The van der Waals surface area contributed by atoms with Gasteiger partial charge in [-0.15, -0.1) is 0 Å². The van der Waals surface area contributed by atoms with Gasteiger partial charge in [0.05, 0.1) is 28.5 Å². The zero-order chi connectivity index (χ0) is 22.1. The molecule has 1 aliphatic rings. The summed E-state index contributed by atoms with van der Waals surface area (Å²) in [6.07, 6.45) is 2.56. The minimum Gasteiger partial charge on any atom is -0.490 e. The SMILES string of the molecule is CCOc1cc(/C=C2\SC(=S)N(c3ccccc3C)C2=O)cc(Cl)c1OS(C)(=O)=O. The van der Waals surface area contributed by atoms with Crippen LogP contribution in [0.1, 0.15) is 18.1 Å². The average molecular weight is 484 g/mol. The lowest BCUT2D eigenvalue weighted by Gasteiger charge is -2.16. The Bertz CT molecular complexity index is 1160. The molecule has 10 heteroatoms. The molecule has 1 aliphatic heterocycles. The van der Waals surface area contributed by atoms with E-state index in [-0.39, 0.29) is 29.0 Å². The summed E-state index contributed by atoms with van der Waals surface area (Å²) in [7, 11) is -3.80. The van der Waals surface area contributed by atoms with Crippen LogP contribution in [0.25, 0.3) is 6.08 Å². The van der Waals surface area contributed by atoms with Gasteiger partial charge in [0.2, 0.25) is 5.75 Å². The average Bonchev–Trinajstić information content (AvgIpc) is 2.91. The lowest BCUT2D eigenvalue weighted by atomic mass is 10.1. The Hall–Kier alpha value is -2.07. The summed E-state index contributed by atoms with van der Waals surface area (Å²) >= 11 is 12.8. The summed E-state index contributed by atoms with van der Waals surface area (Å²) in [6, 6.07) is 10.6. The van der Waals surface area contributed by atoms with Crippen LogP contribution in [0.2, 0.25) is 5.02 Å². The molecule has 0 spiro atoms. The van der Waals surface area contributed by atoms with Gasteiger partial charge in [0, 0.05) is 0 Å². The van der Waals surface area contributed by atoms with E-state index < -0.39 is 10.1 Å². The van der Waals surface area contributed by atoms with Gasteiger partial charge in [-0.2, -0.15) is 8.42 Å². The molecule has 3 rings (SSSR count). The summed E-state index contributed by atoms with van der Waals surface area (Å²) in [6.45, 7) is 3.93. The van der Waals surface area contributed by atoms with Gasteiger partial charge in [0.25, 0.3) is 5.91 Å². The van der Waals surface area contributed by atoms with Gasteiger partial charge >= 0.3 is 10.1 Å². The third-order valence-corrected chi connectivity index (χ3v) is 6.07. The van der Waals surface area contributed by atoms with Crippen LogP contribution >= 0.6 is 35.6 Å². The lowest BCUT2D eigenvalue weighted by Crippen LogP contribution is -2.28. The molecule has 158 valence electrons. The first-order valence-electron chi connectivity index (χ1n) is 8.80. The molecule has 1 saturated heterocycles. The van der Waals surface area contributed by atoms with E-state index >= 15 is 0 Å². The molecule has 0 saturated carbocycles. The van der Waals surface area contributed by atoms with Gasteiger partial charge in [-0.05, 0) is 49.2 Å². The van der Waals surface area contributed by atoms with Gasteiger partial charge < -0.3 is 8.92 Å². The number of hydrogen-bond acceptors (Lipinski definition) is 7. The fourth-order valence-electron chi connectivity index (χ4n) is 2.81. The summed E-state index contributed by atoms with van der Waals surface area (Å²) < 4.78 is 33.9. The summed E-state index contributed by atoms with van der Waals surface area (Å²) in [5, 5.41) is 0.0482. The summed E-state index contributed by atoms with van der Waals surface area (Å²) in [5.41, 5.74) is 2.21. The van der Waals surface area contributed by atoms with Crippen LogP contribution in [-0.2, 0) is 14.9 Å². The minimum atomic E-state index is -3.80. The Balaban J connectivity index is 2.00. The van der Waals surface area contributed by atoms with Crippen LogP contribution in [0, 0.1) is 6.92 Å². The largest absolute Gasteiger partial charge is 0.490 e. The number of halogens is 1. The van der Waals surface area contributed by atoms with Crippen molar-refractivity contribution >= 4 is 67.7 Å². The topological polar surface area (TPSA) is 72.9 Å². The smallest absolute Gasteiger partial charge is 0.306 e. The number of anilines is 1. The number of amides is 1. The van der Waals surface area contributed by atoms with Gasteiger partial charge in [0.1, 0.15) is 0 Å². The van der Waals surface area contributed by atoms with Crippen molar-refractivity contribution in [2.24, 2.45) is 0 Å². The van der Waals surface area contributed by atoms with E-state index in [1.807, 2.05) is 31.2 Å². The molecule has 0 N–H and O–H groups in total. The number of carbonyl (C=O) groups excluding carboxylic acids is 1. The van der Waals surface area contributed by atoms with Crippen LogP contribution in [-0.4, -0.2) is 31.5 Å². The number of thioether (sulfide) groups is 1. The summed E-state index contributed by atoms with van der Waals surface area (Å²) in [4.78, 5) is 14.9. The highest BCUT2D eigenvalue weighted by atomic mass is 35.5. The van der Waals surface area contributed by atoms with Crippen LogP contribution in [0.15, 0.2) is 41.3 Å². The molecule has 0 aromatic heterocycles. The first kappa shape index (κ1) is 22.6. The maximum atomic E-state index is 13.0. The Morgan fingerprint density at radius 2 is 1.97 bits per heavy atom. The first-order chi connectivity index (χ1) is 14.1. The number of ether oxygens (including phenoxy) is 1. The Morgan fingerprint density at radius 1 is 1.27 bits per heavy atom. The Labute approximate surface area is 189 Å². The Morgan fingerprint density at radius 3 is 2.60 bits per heavy atom. The van der Waals surface area contributed by atoms with E-state index in [9.17, 15) is 13.2 Å². The van der Waals surface area contributed by atoms with Gasteiger partial charge in [-0.25, -0.2) is 0 Å². The quantitative estimate of drug-likeness (QED) is 0.332. The second-order valence-electron chi connectivity index (χ2n) is 6.35. The van der Waals surface area contributed by atoms with Crippen molar-refractivity contribution in [1.82, 2.24) is 0 Å². The second-order valence-corrected chi connectivity index (χ2v) is 10.0. The lowest BCUT2D eigenvalue weighted by molar-refractivity contribution is -0.113. The zero-order valence-electron chi connectivity index (χ0n) is 16.3. The standard InChI is InChI=1S/C20H18ClNO5S3/c1-4-26-16-10-13(9-14(21)18(16)27-30(3,24)25)11-17-19(23)22(20(28)29-17)15-8-6-5-7-12(15)2/h5-11H,4H2,1-3H3/b17-11-. The van der Waals surface area contributed by atoms with E-state index in [1.165, 1.54) is 22.7 Å². The molecule has 1 fully saturated rings. The number of carbonyl (C=O) groups is 1. The number of benzene rings is 2. The molecule has 0 unspecified atom stereocenters. The molecule has 1 amide bonds. The second kappa shape index (κ2) is 8.97. The molecule has 0 atom stereocenters. The molecule has 0 radical (unpaired) electrons. The van der Waals surface area contributed by atoms with Crippen molar-refractivity contribution in [2.75, 3.05) is 17.8 Å². The molecular weight excluding hydrogens is 466 g/mol. The third kappa shape index (κ3) is 4.97. The van der Waals surface area contributed by atoms with Crippen molar-refractivity contribution < 1.29 is 22.1 Å². The normalized spacial score (nSPS) is 15.7. The van der Waals surface area contributed by atoms with Crippen molar-refractivity contribution in [3.05, 3.63) is 57.5 Å². The molecule has 30 heavy (non-hydrogen) atoms. The number of para-hydroxylation sites is 1. The Kier molecular flexibility index (Phi) is 6.76. The number of thiocarbonyl (C=S) groups is 1. The van der Waals surface area contributed by atoms with Gasteiger partial charge in [-0.1, -0.05) is 53.8 Å². The fourth-order valence-corrected chi connectivity index (χ4v) is 4.87. The van der Waals surface area contributed by atoms with E-state index in [2.05, 4.69) is 0 Å². The predicted molar refractivity (Wildman–Crippen MR) is 125 cm³/mol. The van der Waals surface area contributed by atoms with E-state index in [4.69, 9.17) is 32.7 Å². The monoisotopic (exact) mass is 483 g/mol. The first-order valence-corrected chi connectivity index (χ1v) is 12.2. The van der Waals surface area contributed by atoms with Crippen LogP contribution in [0.5, 0.6) is 11.5 Å². The molecule has 2 aromatic carbocycles. The number of rotatable bonds is 6. The van der Waals surface area contributed by atoms with Gasteiger partial charge in [0.15, 0.2) is 10.1 Å². The number of hydrogen-bond donors (Lipinski definition) is 0. The van der Waals surface area contributed by atoms with E-state index in [1.54, 1.807) is 19.1 Å². The van der Waals surface area contributed by atoms with Crippen LogP contribution < -0.4 is 13.8 Å². The van der Waals surface area contributed by atoms with E-state index in [0.717, 1.165) is 17.5 Å². The third-order valence-electron chi connectivity index (χ3n) is 4.01. The number of aryl methyl sites for hydroxylation is 1. The number of nitrogens with zero attached hydrogens (tertiary/aromatic N) is 1. The maximum absolute atomic E-state index is 13.0. The predicted octanol–water partition coefficient (Wildman–Crippen LogP) is 4.79. The van der Waals surface area contributed by atoms with Crippen molar-refractivity contribution in [3.8, 4) is 11.5 Å². The van der Waals surface area contributed by atoms with Gasteiger partial charge in [-0.3, -0.25) is 9.69 Å². The maximum Gasteiger partial charge on any atom is 0.306 e. The zero-order valence-corrected chi connectivity index (χ0v) is 19.5. The molecule has 0 bridgehead atoms. The van der Waals surface area contributed by atoms with E-state index in [0.29, 0.717) is 14.8 Å². The molecule has 2 aromatic rings. The van der Waals surface area contributed by atoms with Crippen molar-refractivity contribution in [2.45, 2.75) is 13.8 Å². The summed E-state index contributed by atoms with van der Waals surface area (Å²) in [5.74, 6) is -0.175. The van der Waals surface area contributed by atoms with Crippen molar-refractivity contribution in [1.29, 1.82) is 0 Å². The highest BCUT2D eigenvalue weighted by molar-refractivity contribution is 8.27. The highest BCUT2D eigenvalue weighted by Crippen LogP contribution is 2.41. The highest BCUT2D eigenvalue weighted by Gasteiger charge is 2.34. The fraction of sp³-hybridized carbons (Fsp3) is 0.200. The molecular formula is C20H18ClNO5S3. The minimum absolute atomic E-state index is 0.0482.